The van der Waals surface area contributed by atoms with Gasteiger partial charge in [-0.2, -0.15) is 0 Å². The summed E-state index contributed by atoms with van der Waals surface area (Å²) in [4.78, 5) is 23.3. The first-order valence-corrected chi connectivity index (χ1v) is 10.4. The summed E-state index contributed by atoms with van der Waals surface area (Å²) in [5, 5.41) is 11.9. The van der Waals surface area contributed by atoms with E-state index in [2.05, 4.69) is 10.0 Å². The van der Waals surface area contributed by atoms with Gasteiger partial charge >= 0.3 is 5.97 Å². The molecule has 1 amide bonds. The third kappa shape index (κ3) is 4.82. The number of rotatable bonds is 6. The van der Waals surface area contributed by atoms with E-state index in [9.17, 15) is 31.9 Å². The third-order valence-electron chi connectivity index (χ3n) is 4.69. The number of allylic oxidation sites excluding steroid dienone is 2. The van der Waals surface area contributed by atoms with Crippen molar-refractivity contribution in [3.63, 3.8) is 0 Å². The molecular weight excluding hydrogens is 418 g/mol. The van der Waals surface area contributed by atoms with Crippen LogP contribution in [-0.4, -0.2) is 25.4 Å². The first-order valence-electron chi connectivity index (χ1n) is 8.94. The van der Waals surface area contributed by atoms with Crippen LogP contribution in [0.4, 0.5) is 20.2 Å². The third-order valence-corrected chi connectivity index (χ3v) is 6.07. The Bertz CT molecular complexity index is 1100. The highest BCUT2D eigenvalue weighted by atomic mass is 32.2. The molecule has 30 heavy (non-hydrogen) atoms. The van der Waals surface area contributed by atoms with Crippen molar-refractivity contribution in [1.82, 2.24) is 0 Å². The van der Waals surface area contributed by atoms with Gasteiger partial charge in [0, 0.05) is 11.4 Å². The van der Waals surface area contributed by atoms with E-state index in [0.717, 1.165) is 6.07 Å². The van der Waals surface area contributed by atoms with Crippen molar-refractivity contribution in [2.45, 2.75) is 17.7 Å². The van der Waals surface area contributed by atoms with Gasteiger partial charge in [0.2, 0.25) is 5.91 Å². The van der Waals surface area contributed by atoms with E-state index in [-0.39, 0.29) is 12.1 Å². The lowest BCUT2D eigenvalue weighted by molar-refractivity contribution is -0.146. The van der Waals surface area contributed by atoms with Crippen molar-refractivity contribution >= 4 is 33.3 Å². The number of hydrogen-bond acceptors (Lipinski definition) is 4. The molecule has 0 saturated carbocycles. The molecule has 10 heteroatoms. The minimum Gasteiger partial charge on any atom is -0.481 e. The summed E-state index contributed by atoms with van der Waals surface area (Å²) in [5.74, 6) is -5.44. The zero-order valence-corrected chi connectivity index (χ0v) is 16.3. The number of anilines is 2. The number of nitrogens with one attached hydrogen (secondary N) is 2. The Kier molecular flexibility index (Phi) is 6.16. The summed E-state index contributed by atoms with van der Waals surface area (Å²) < 4.78 is 53.1. The summed E-state index contributed by atoms with van der Waals surface area (Å²) in [6.07, 6.45) is 4.09. The Morgan fingerprint density at radius 3 is 2.10 bits per heavy atom. The molecule has 0 unspecified atom stereocenters. The summed E-state index contributed by atoms with van der Waals surface area (Å²) in [5.41, 5.74) is 0.496. The zero-order valence-electron chi connectivity index (χ0n) is 15.5. The minimum absolute atomic E-state index is 0.141. The van der Waals surface area contributed by atoms with E-state index in [4.69, 9.17) is 0 Å². The van der Waals surface area contributed by atoms with E-state index in [0.29, 0.717) is 24.2 Å². The SMILES string of the molecule is O=C(O)[C@H]1CC=CC[C@@H]1C(=O)Nc1ccc(NS(=O)(=O)c2ccc(F)c(F)c2)cc1. The molecule has 1 aliphatic carbocycles. The lowest BCUT2D eigenvalue weighted by Crippen LogP contribution is -2.34. The number of carboxylic acids is 1. The molecule has 0 radical (unpaired) electrons. The maximum absolute atomic E-state index is 13.3. The van der Waals surface area contributed by atoms with Gasteiger partial charge in [0.25, 0.3) is 10.0 Å². The number of carbonyl (C=O) groups excluding carboxylic acids is 1. The van der Waals surface area contributed by atoms with Gasteiger partial charge in [-0.1, -0.05) is 12.2 Å². The van der Waals surface area contributed by atoms with Gasteiger partial charge in [-0.15, -0.1) is 0 Å². The molecule has 0 heterocycles. The summed E-state index contributed by atoms with van der Waals surface area (Å²) in [6, 6.07) is 7.86. The maximum atomic E-state index is 13.3. The zero-order chi connectivity index (χ0) is 21.9. The molecule has 7 nitrogen and oxygen atoms in total. The number of hydrogen-bond donors (Lipinski definition) is 3. The van der Waals surface area contributed by atoms with Crippen LogP contribution in [0.2, 0.25) is 0 Å². The number of carbonyl (C=O) groups is 2. The Hall–Kier alpha value is -3.27. The number of carboxylic acid groups (broad SMARTS) is 1. The molecule has 3 rings (SSSR count). The van der Waals surface area contributed by atoms with Gasteiger partial charge in [0.1, 0.15) is 0 Å². The molecule has 0 aliphatic heterocycles. The van der Waals surface area contributed by atoms with Crippen LogP contribution in [-0.2, 0) is 19.6 Å². The molecule has 1 aliphatic rings. The van der Waals surface area contributed by atoms with E-state index >= 15 is 0 Å². The Labute approximate surface area is 171 Å². The second-order valence-electron chi connectivity index (χ2n) is 6.74. The van der Waals surface area contributed by atoms with Crippen molar-refractivity contribution < 1.29 is 31.9 Å². The van der Waals surface area contributed by atoms with E-state index in [1.54, 1.807) is 12.2 Å². The fraction of sp³-hybridized carbons (Fsp3) is 0.200. The fourth-order valence-corrected chi connectivity index (χ4v) is 4.16. The molecule has 2 aromatic carbocycles. The van der Waals surface area contributed by atoms with Crippen LogP contribution >= 0.6 is 0 Å². The first kappa shape index (κ1) is 21.4. The Balaban J connectivity index is 1.69. The molecular formula is C20H18F2N2O5S. The Morgan fingerprint density at radius 1 is 0.900 bits per heavy atom. The highest BCUT2D eigenvalue weighted by Crippen LogP contribution is 2.27. The van der Waals surface area contributed by atoms with Crippen molar-refractivity contribution in [2.24, 2.45) is 11.8 Å². The molecule has 0 bridgehead atoms. The minimum atomic E-state index is -4.14. The second kappa shape index (κ2) is 8.62. The molecule has 0 saturated heterocycles. The molecule has 2 aromatic rings. The van der Waals surface area contributed by atoms with Crippen LogP contribution in [0.25, 0.3) is 0 Å². The van der Waals surface area contributed by atoms with E-state index in [1.807, 2.05) is 0 Å². The van der Waals surface area contributed by atoms with Crippen molar-refractivity contribution in [3.8, 4) is 0 Å². The number of sulfonamides is 1. The van der Waals surface area contributed by atoms with E-state index < -0.39 is 50.3 Å². The molecule has 3 N–H and O–H groups in total. The smallest absolute Gasteiger partial charge is 0.307 e. The lowest BCUT2D eigenvalue weighted by Gasteiger charge is -2.24. The molecule has 0 aromatic heterocycles. The molecule has 2 atom stereocenters. The summed E-state index contributed by atoms with van der Waals surface area (Å²) >= 11 is 0. The van der Waals surface area contributed by atoms with Crippen LogP contribution in [0.5, 0.6) is 0 Å². The number of halogens is 2. The highest BCUT2D eigenvalue weighted by molar-refractivity contribution is 7.92. The first-order chi connectivity index (χ1) is 14.2. The van der Waals surface area contributed by atoms with Crippen LogP contribution in [0.15, 0.2) is 59.5 Å². The van der Waals surface area contributed by atoms with Crippen LogP contribution in [0.3, 0.4) is 0 Å². The lowest BCUT2D eigenvalue weighted by atomic mass is 9.82. The van der Waals surface area contributed by atoms with Gasteiger partial charge in [-0.25, -0.2) is 17.2 Å². The number of aliphatic carboxylic acids is 1. The highest BCUT2D eigenvalue weighted by Gasteiger charge is 2.33. The van der Waals surface area contributed by atoms with E-state index in [1.165, 1.54) is 24.3 Å². The van der Waals surface area contributed by atoms with Gasteiger partial charge in [-0.3, -0.25) is 14.3 Å². The van der Waals surface area contributed by atoms with Crippen LogP contribution < -0.4 is 10.0 Å². The number of benzene rings is 2. The molecule has 0 spiro atoms. The van der Waals surface area contributed by atoms with Crippen molar-refractivity contribution in [2.75, 3.05) is 10.0 Å². The summed E-state index contributed by atoms with van der Waals surface area (Å²) in [7, 11) is -4.14. The predicted molar refractivity (Wildman–Crippen MR) is 105 cm³/mol. The van der Waals surface area contributed by atoms with Gasteiger partial charge < -0.3 is 10.4 Å². The Morgan fingerprint density at radius 2 is 1.50 bits per heavy atom. The number of amides is 1. The van der Waals surface area contributed by atoms with Crippen molar-refractivity contribution in [1.29, 1.82) is 0 Å². The monoisotopic (exact) mass is 436 g/mol. The topological polar surface area (TPSA) is 113 Å². The quantitative estimate of drug-likeness (QED) is 0.601. The van der Waals surface area contributed by atoms with Gasteiger partial charge in [-0.05, 0) is 55.3 Å². The average molecular weight is 436 g/mol. The van der Waals surface area contributed by atoms with Crippen LogP contribution in [0, 0.1) is 23.5 Å². The standard InChI is InChI=1S/C20H18F2N2O5S/c21-17-10-9-14(11-18(17)22)30(28,29)24-13-7-5-12(6-8-13)23-19(25)15-3-1-2-4-16(15)20(26)27/h1-2,5-11,15-16,24H,3-4H2,(H,23,25)(H,26,27)/t15-,16-/m0/s1. The van der Waals surface area contributed by atoms with Gasteiger partial charge in [0.15, 0.2) is 11.6 Å². The maximum Gasteiger partial charge on any atom is 0.307 e. The van der Waals surface area contributed by atoms with Crippen molar-refractivity contribution in [3.05, 3.63) is 66.3 Å². The summed E-state index contributed by atoms with van der Waals surface area (Å²) in [6.45, 7) is 0. The van der Waals surface area contributed by atoms with Crippen LogP contribution in [0.1, 0.15) is 12.8 Å². The predicted octanol–water partition coefficient (Wildman–Crippen LogP) is 3.37. The van der Waals surface area contributed by atoms with Gasteiger partial charge in [0.05, 0.1) is 16.7 Å². The normalized spacial score (nSPS) is 18.6. The largest absolute Gasteiger partial charge is 0.481 e. The second-order valence-corrected chi connectivity index (χ2v) is 8.42. The average Bonchev–Trinajstić information content (AvgIpc) is 2.71. The fourth-order valence-electron chi connectivity index (χ4n) is 3.09. The molecule has 0 fully saturated rings. The molecule has 158 valence electrons.